The number of rotatable bonds is 6. The third-order valence-corrected chi connectivity index (χ3v) is 6.48. The van der Waals surface area contributed by atoms with Crippen LogP contribution in [0.25, 0.3) is 6.08 Å². The van der Waals surface area contributed by atoms with Crippen LogP contribution in [-0.2, 0) is 9.59 Å². The number of thiol groups is 1. The highest BCUT2D eigenvalue weighted by Gasteiger charge is 2.41. The number of fused-ring (bicyclic) bond motifs is 3. The Labute approximate surface area is 192 Å². The molecular formula is C24H24N2O3S2. The highest BCUT2D eigenvalue weighted by Crippen LogP contribution is 2.52. The van der Waals surface area contributed by atoms with Crippen molar-refractivity contribution in [2.24, 2.45) is 0 Å². The van der Waals surface area contributed by atoms with Crippen LogP contribution in [0.2, 0.25) is 0 Å². The molecule has 2 atom stereocenters. The Morgan fingerprint density at radius 2 is 1.97 bits per heavy atom. The summed E-state index contributed by atoms with van der Waals surface area (Å²) in [6.45, 7) is 0.000811. The minimum Gasteiger partial charge on any atom is -0.481 e. The van der Waals surface area contributed by atoms with E-state index in [-0.39, 0.29) is 23.2 Å². The molecule has 2 aromatic rings. The van der Waals surface area contributed by atoms with Crippen molar-refractivity contribution >= 4 is 58.5 Å². The molecule has 0 saturated heterocycles. The van der Waals surface area contributed by atoms with Crippen LogP contribution in [0.5, 0.6) is 0 Å². The number of carboxylic acid groups (broad SMARTS) is 1. The van der Waals surface area contributed by atoms with Crippen molar-refractivity contribution in [3.63, 3.8) is 0 Å². The molecule has 1 fully saturated rings. The van der Waals surface area contributed by atoms with E-state index in [9.17, 15) is 9.59 Å². The van der Waals surface area contributed by atoms with E-state index in [1.807, 2.05) is 12.1 Å². The first-order valence-corrected chi connectivity index (χ1v) is 11.2. The van der Waals surface area contributed by atoms with Gasteiger partial charge in [0.2, 0.25) is 0 Å². The summed E-state index contributed by atoms with van der Waals surface area (Å²) >= 11 is 9.05. The summed E-state index contributed by atoms with van der Waals surface area (Å²) in [5, 5.41) is 8.87. The van der Waals surface area contributed by atoms with Crippen molar-refractivity contribution in [3.05, 3.63) is 65.7 Å². The second kappa shape index (κ2) is 9.24. The predicted octanol–water partition coefficient (Wildman–Crippen LogP) is 5.01. The van der Waals surface area contributed by atoms with Gasteiger partial charge >= 0.3 is 5.97 Å². The summed E-state index contributed by atoms with van der Waals surface area (Å²) in [6, 6.07) is 17.3. The van der Waals surface area contributed by atoms with Crippen molar-refractivity contribution in [3.8, 4) is 0 Å². The zero-order valence-corrected chi connectivity index (χ0v) is 18.7. The number of para-hydroxylation sites is 1. The number of carbonyl (C=O) groups excluding carboxylic acids is 1. The van der Waals surface area contributed by atoms with Crippen LogP contribution in [-0.4, -0.2) is 38.8 Å². The number of benzene rings is 2. The van der Waals surface area contributed by atoms with E-state index in [1.54, 1.807) is 6.08 Å². The fourth-order valence-corrected chi connectivity index (χ4v) is 5.05. The molecule has 4 rings (SSSR count). The van der Waals surface area contributed by atoms with Gasteiger partial charge in [0.05, 0.1) is 6.42 Å². The molecule has 1 aliphatic heterocycles. The molecule has 1 aliphatic carbocycles. The van der Waals surface area contributed by atoms with Crippen molar-refractivity contribution in [2.45, 2.75) is 37.6 Å². The molecule has 7 heteroatoms. The second-order valence-corrected chi connectivity index (χ2v) is 8.99. The number of carboxylic acids is 1. The maximum atomic E-state index is 12.5. The van der Waals surface area contributed by atoms with Gasteiger partial charge < -0.3 is 10.0 Å². The van der Waals surface area contributed by atoms with Crippen molar-refractivity contribution < 1.29 is 14.7 Å². The summed E-state index contributed by atoms with van der Waals surface area (Å²) in [5.74, 6) is -0.859. The number of nitrogens with zero attached hydrogens (tertiary/aromatic N) is 2. The number of thiocarbonyl (C=S) groups is 1. The molecule has 0 spiro atoms. The molecule has 1 amide bonds. The number of carbonyl (C=O) groups is 2. The van der Waals surface area contributed by atoms with Gasteiger partial charge in [-0.1, -0.05) is 42.9 Å². The Hall–Kier alpha value is -2.64. The van der Waals surface area contributed by atoms with E-state index >= 15 is 0 Å². The Morgan fingerprint density at radius 3 is 2.68 bits per heavy atom. The maximum absolute atomic E-state index is 12.5. The lowest BCUT2D eigenvalue weighted by molar-refractivity contribution is -0.137. The monoisotopic (exact) mass is 452 g/mol. The van der Waals surface area contributed by atoms with E-state index in [2.05, 4.69) is 53.9 Å². The summed E-state index contributed by atoms with van der Waals surface area (Å²) < 4.78 is 0.0668. The number of aliphatic carboxylic acids is 1. The summed E-state index contributed by atoms with van der Waals surface area (Å²) in [4.78, 5) is 27.0. The van der Waals surface area contributed by atoms with Gasteiger partial charge in [0.1, 0.15) is 4.32 Å². The molecule has 0 aromatic heterocycles. The first-order valence-electron chi connectivity index (χ1n) is 10.4. The third-order valence-electron chi connectivity index (χ3n) is 6.02. The van der Waals surface area contributed by atoms with Crippen LogP contribution < -0.4 is 4.90 Å². The molecule has 2 aromatic carbocycles. The predicted molar refractivity (Wildman–Crippen MR) is 130 cm³/mol. The van der Waals surface area contributed by atoms with Crippen LogP contribution in [0, 0.1) is 0 Å². The van der Waals surface area contributed by atoms with E-state index in [0.29, 0.717) is 12.0 Å². The van der Waals surface area contributed by atoms with Crippen LogP contribution in [0.1, 0.15) is 42.7 Å². The summed E-state index contributed by atoms with van der Waals surface area (Å²) in [7, 11) is 0. The Morgan fingerprint density at radius 1 is 1.19 bits per heavy atom. The van der Waals surface area contributed by atoms with Crippen molar-refractivity contribution in [2.75, 3.05) is 11.4 Å². The molecule has 1 N–H and O–H groups in total. The smallest absolute Gasteiger partial charge is 0.305 e. The fraction of sp³-hybridized carbons (Fsp3) is 0.292. The van der Waals surface area contributed by atoms with Gasteiger partial charge in [0.25, 0.3) is 5.91 Å². The zero-order chi connectivity index (χ0) is 22.0. The number of hydrogen-bond donors (Lipinski definition) is 2. The van der Waals surface area contributed by atoms with Crippen LogP contribution >= 0.6 is 24.8 Å². The van der Waals surface area contributed by atoms with E-state index in [4.69, 9.17) is 17.3 Å². The van der Waals surface area contributed by atoms with E-state index in [0.717, 1.165) is 5.56 Å². The lowest BCUT2D eigenvalue weighted by Gasteiger charge is -2.27. The number of amides is 1. The SMILES string of the molecule is O=C(O)CCN(C(=O)/C=C/c1ccc2c(c1)C1CCCC1N2c1ccccc1)C(=S)S. The Bertz CT molecular complexity index is 1040. The normalized spacial score (nSPS) is 19.3. The minimum atomic E-state index is -0.987. The highest BCUT2D eigenvalue weighted by molar-refractivity contribution is 8.11. The number of hydrogen-bond acceptors (Lipinski definition) is 4. The average molecular weight is 453 g/mol. The van der Waals surface area contributed by atoms with E-state index in [1.165, 1.54) is 47.2 Å². The van der Waals surface area contributed by atoms with Crippen molar-refractivity contribution in [1.82, 2.24) is 4.90 Å². The van der Waals surface area contributed by atoms with Gasteiger partial charge in [-0.05, 0) is 54.3 Å². The molecule has 31 heavy (non-hydrogen) atoms. The first kappa shape index (κ1) is 21.6. The zero-order valence-electron chi connectivity index (χ0n) is 17.0. The molecule has 1 heterocycles. The number of anilines is 2. The summed E-state index contributed by atoms with van der Waals surface area (Å²) in [5.41, 5.74) is 4.72. The molecular weight excluding hydrogens is 428 g/mol. The van der Waals surface area contributed by atoms with Gasteiger partial charge in [-0.15, -0.1) is 12.6 Å². The summed E-state index contributed by atoms with van der Waals surface area (Å²) in [6.07, 6.45) is 6.58. The lowest BCUT2D eigenvalue weighted by atomic mass is 9.96. The second-order valence-electron chi connectivity index (χ2n) is 7.88. The van der Waals surface area contributed by atoms with Gasteiger partial charge in [-0.25, -0.2) is 0 Å². The lowest BCUT2D eigenvalue weighted by Crippen LogP contribution is -2.33. The topological polar surface area (TPSA) is 60.9 Å². The van der Waals surface area contributed by atoms with Crippen LogP contribution in [0.15, 0.2) is 54.6 Å². The van der Waals surface area contributed by atoms with Crippen molar-refractivity contribution in [1.29, 1.82) is 0 Å². The Kier molecular flexibility index (Phi) is 6.43. The largest absolute Gasteiger partial charge is 0.481 e. The van der Waals surface area contributed by atoms with Gasteiger partial charge in [0.15, 0.2) is 0 Å². The molecule has 1 saturated carbocycles. The van der Waals surface area contributed by atoms with Crippen LogP contribution in [0.4, 0.5) is 11.4 Å². The molecule has 160 valence electrons. The average Bonchev–Trinajstić information content (AvgIpc) is 3.33. The standard InChI is InChI=1S/C24H24N2O3S2/c27-22(25(24(30)31)14-13-23(28)29)12-10-16-9-11-21-19(15-16)18-7-4-8-20(18)26(21)17-5-2-1-3-6-17/h1-3,5-6,9-12,15,18,20H,4,7-8,13-14H2,(H,28,29)(H,30,31)/b12-10+. The van der Waals surface area contributed by atoms with Crippen LogP contribution in [0.3, 0.4) is 0 Å². The maximum Gasteiger partial charge on any atom is 0.305 e. The molecule has 0 radical (unpaired) electrons. The van der Waals surface area contributed by atoms with Gasteiger partial charge in [0, 0.05) is 36.0 Å². The van der Waals surface area contributed by atoms with Gasteiger partial charge in [-0.3, -0.25) is 14.5 Å². The quantitative estimate of drug-likeness (QED) is 0.367. The highest BCUT2D eigenvalue weighted by atomic mass is 32.1. The molecule has 2 unspecified atom stereocenters. The molecule has 2 aliphatic rings. The Balaban J connectivity index is 1.57. The molecule has 5 nitrogen and oxygen atoms in total. The van der Waals surface area contributed by atoms with Gasteiger partial charge in [-0.2, -0.15) is 0 Å². The minimum absolute atomic E-state index is 0.000811. The molecule has 0 bridgehead atoms. The fourth-order valence-electron chi connectivity index (χ4n) is 4.67. The third kappa shape index (κ3) is 4.52. The van der Waals surface area contributed by atoms with E-state index < -0.39 is 5.97 Å². The first-order chi connectivity index (χ1) is 15.0.